The van der Waals surface area contributed by atoms with Crippen LogP contribution in [0.3, 0.4) is 0 Å². The van der Waals surface area contributed by atoms with Crippen molar-refractivity contribution < 1.29 is 23.4 Å². The normalized spacial score (nSPS) is 14.9. The van der Waals surface area contributed by atoms with Crippen LogP contribution in [-0.2, 0) is 18.8 Å². The number of methoxy groups -OCH3 is 1. The van der Waals surface area contributed by atoms with Crippen LogP contribution in [0.1, 0.15) is 20.8 Å². The van der Waals surface area contributed by atoms with Crippen molar-refractivity contribution in [1.82, 2.24) is 10.1 Å². The predicted molar refractivity (Wildman–Crippen MR) is 95.7 cm³/mol. The van der Waals surface area contributed by atoms with Crippen LogP contribution in [0.15, 0.2) is 36.7 Å². The molecule has 0 saturated carbocycles. The summed E-state index contributed by atoms with van der Waals surface area (Å²) >= 11 is 0. The van der Waals surface area contributed by atoms with E-state index in [1.807, 2.05) is 6.07 Å². The lowest BCUT2D eigenvalue weighted by atomic mass is 10.2. The van der Waals surface area contributed by atoms with Gasteiger partial charge in [0.1, 0.15) is 18.1 Å². The number of nitrogens with zero attached hydrogens (tertiary/aromatic N) is 1. The quantitative estimate of drug-likeness (QED) is 0.566. The number of fused-ring (bicyclic) bond motifs is 1. The molecule has 7 nitrogen and oxygen atoms in total. The van der Waals surface area contributed by atoms with Gasteiger partial charge in [0.25, 0.3) is 0 Å². The van der Waals surface area contributed by atoms with E-state index in [0.717, 1.165) is 10.8 Å². The highest BCUT2D eigenvalue weighted by Gasteiger charge is 2.31. The van der Waals surface area contributed by atoms with Crippen LogP contribution in [-0.4, -0.2) is 36.6 Å². The Kier molecular flexibility index (Phi) is 6.53. The lowest BCUT2D eigenvalue weighted by Gasteiger charge is -2.24. The number of ether oxygens (including phenoxy) is 2. The molecular formula is C17H23N2O5P. The van der Waals surface area contributed by atoms with Crippen molar-refractivity contribution >= 4 is 24.3 Å². The number of esters is 1. The van der Waals surface area contributed by atoms with E-state index in [1.165, 1.54) is 7.11 Å². The maximum atomic E-state index is 13.1. The first-order valence-electron chi connectivity index (χ1n) is 7.93. The molecule has 25 heavy (non-hydrogen) atoms. The molecule has 2 aromatic rings. The smallest absolute Gasteiger partial charge is 0.342 e. The average Bonchev–Trinajstić information content (AvgIpc) is 2.54. The molecule has 0 amide bonds. The van der Waals surface area contributed by atoms with Crippen LogP contribution < -0.4 is 9.61 Å². The van der Waals surface area contributed by atoms with E-state index in [1.54, 1.807) is 51.4 Å². The lowest BCUT2D eigenvalue weighted by molar-refractivity contribution is -0.149. The fourth-order valence-corrected chi connectivity index (χ4v) is 3.97. The zero-order chi connectivity index (χ0) is 18.4. The second-order valence-corrected chi connectivity index (χ2v) is 7.92. The van der Waals surface area contributed by atoms with Crippen molar-refractivity contribution in [3.63, 3.8) is 0 Å². The summed E-state index contributed by atoms with van der Waals surface area (Å²) in [6.45, 7) is 5.07. The third-order valence-electron chi connectivity index (χ3n) is 3.28. The maximum absolute atomic E-state index is 13.1. The summed E-state index contributed by atoms with van der Waals surface area (Å²) in [5.41, 5.74) is 0. The number of hydrogen-bond acceptors (Lipinski definition) is 6. The Morgan fingerprint density at radius 1 is 1.28 bits per heavy atom. The molecule has 0 radical (unpaired) electrons. The van der Waals surface area contributed by atoms with Crippen LogP contribution in [0.4, 0.5) is 0 Å². The first kappa shape index (κ1) is 19.4. The number of benzene rings is 1. The fourth-order valence-electron chi connectivity index (χ4n) is 2.27. The Morgan fingerprint density at radius 2 is 2.04 bits per heavy atom. The number of hydrogen-bond donors (Lipinski definition) is 1. The molecule has 1 heterocycles. The number of aromatic nitrogens is 1. The van der Waals surface area contributed by atoms with Gasteiger partial charge in [-0.15, -0.1) is 0 Å². The van der Waals surface area contributed by atoms with Gasteiger partial charge in [-0.05, 0) is 32.9 Å². The van der Waals surface area contributed by atoms with E-state index >= 15 is 0 Å². The lowest BCUT2D eigenvalue weighted by Crippen LogP contribution is -2.36. The van der Waals surface area contributed by atoms with Crippen LogP contribution in [0, 0.1) is 0 Å². The van der Waals surface area contributed by atoms with Crippen molar-refractivity contribution in [2.75, 3.05) is 13.5 Å². The zero-order valence-corrected chi connectivity index (χ0v) is 15.7. The molecule has 0 fully saturated rings. The Labute approximate surface area is 147 Å². The summed E-state index contributed by atoms with van der Waals surface area (Å²) in [5.74, 6) is -0.0748. The van der Waals surface area contributed by atoms with Crippen molar-refractivity contribution in [2.24, 2.45) is 0 Å². The second-order valence-electron chi connectivity index (χ2n) is 5.87. The summed E-state index contributed by atoms with van der Waals surface area (Å²) in [4.78, 5) is 16.0. The Morgan fingerprint density at radius 3 is 2.72 bits per heavy atom. The van der Waals surface area contributed by atoms with Gasteiger partial charge in [-0.2, -0.15) is 0 Å². The Hall–Kier alpha value is -1.95. The van der Waals surface area contributed by atoms with Gasteiger partial charge in [-0.25, -0.2) is 5.09 Å². The molecule has 1 unspecified atom stereocenters. The molecule has 1 N–H and O–H groups in total. The minimum absolute atomic E-state index is 0.187. The molecule has 0 aliphatic rings. The topological polar surface area (TPSA) is 86.8 Å². The highest BCUT2D eigenvalue weighted by atomic mass is 31.2. The van der Waals surface area contributed by atoms with Gasteiger partial charge in [0.05, 0.1) is 6.10 Å². The third-order valence-corrected chi connectivity index (χ3v) is 5.15. The number of carbonyl (C=O) groups is 1. The van der Waals surface area contributed by atoms with Gasteiger partial charge >= 0.3 is 13.5 Å². The molecule has 0 saturated heterocycles. The van der Waals surface area contributed by atoms with Crippen molar-refractivity contribution in [3.05, 3.63) is 36.7 Å². The molecule has 8 heteroatoms. The molecule has 0 bridgehead atoms. The Balaban J connectivity index is 2.24. The average molecular weight is 366 g/mol. The van der Waals surface area contributed by atoms with Gasteiger partial charge in [-0.1, -0.05) is 12.1 Å². The molecule has 0 spiro atoms. The van der Waals surface area contributed by atoms with Gasteiger partial charge in [0.15, 0.2) is 0 Å². The van der Waals surface area contributed by atoms with Crippen LogP contribution in [0.2, 0.25) is 0 Å². The summed E-state index contributed by atoms with van der Waals surface area (Å²) < 4.78 is 29.1. The minimum atomic E-state index is -3.49. The highest BCUT2D eigenvalue weighted by molar-refractivity contribution is 7.57. The van der Waals surface area contributed by atoms with E-state index in [4.69, 9.17) is 14.0 Å². The summed E-state index contributed by atoms with van der Waals surface area (Å²) in [5, 5.41) is 4.36. The summed E-state index contributed by atoms with van der Waals surface area (Å²) in [6, 6.07) is 6.35. The SMILES string of the molecule is COCP(=O)(N[C@@H](C)C(=O)OC(C)C)Oc1cccc2cnccc12. The number of pyridine rings is 1. The zero-order valence-electron chi connectivity index (χ0n) is 14.8. The fraction of sp³-hybridized carbons (Fsp3) is 0.412. The largest absolute Gasteiger partial charge is 0.462 e. The number of nitrogens with one attached hydrogen (secondary N) is 1. The highest BCUT2D eigenvalue weighted by Crippen LogP contribution is 2.45. The first-order chi connectivity index (χ1) is 11.8. The molecule has 1 aromatic heterocycles. The number of rotatable bonds is 8. The third kappa shape index (κ3) is 5.26. The van der Waals surface area contributed by atoms with Crippen LogP contribution >= 0.6 is 7.52 Å². The molecule has 136 valence electrons. The van der Waals surface area contributed by atoms with Gasteiger partial charge in [0.2, 0.25) is 0 Å². The summed E-state index contributed by atoms with van der Waals surface area (Å²) in [6.07, 6.45) is 2.88. The standard InChI is InChI=1S/C17H23N2O5P/c1-12(2)23-17(20)13(3)19-25(21,11-22-4)24-16-7-5-6-14-10-18-9-8-15(14)16/h5-10,12-13H,11H2,1-4H3,(H,19,21)/t13-,25?/m0/s1. The number of carbonyl (C=O) groups excluding carboxylic acids is 1. The predicted octanol–water partition coefficient (Wildman–Crippen LogP) is 3.34. The van der Waals surface area contributed by atoms with Gasteiger partial charge in [0, 0.05) is 30.3 Å². The second kappa shape index (κ2) is 8.43. The van der Waals surface area contributed by atoms with Gasteiger partial charge < -0.3 is 14.0 Å². The van der Waals surface area contributed by atoms with E-state index in [2.05, 4.69) is 10.1 Å². The van der Waals surface area contributed by atoms with Crippen molar-refractivity contribution in [1.29, 1.82) is 0 Å². The van der Waals surface area contributed by atoms with E-state index in [0.29, 0.717) is 5.75 Å². The maximum Gasteiger partial charge on any atom is 0.342 e. The monoisotopic (exact) mass is 366 g/mol. The van der Waals surface area contributed by atoms with E-state index in [9.17, 15) is 9.36 Å². The van der Waals surface area contributed by atoms with E-state index in [-0.39, 0.29) is 12.5 Å². The van der Waals surface area contributed by atoms with Crippen LogP contribution in [0.25, 0.3) is 10.8 Å². The first-order valence-corrected chi connectivity index (χ1v) is 9.74. The van der Waals surface area contributed by atoms with Crippen LogP contribution in [0.5, 0.6) is 5.75 Å². The van der Waals surface area contributed by atoms with Crippen molar-refractivity contribution in [2.45, 2.75) is 32.9 Å². The minimum Gasteiger partial charge on any atom is -0.462 e. The van der Waals surface area contributed by atoms with Gasteiger partial charge in [-0.3, -0.25) is 14.3 Å². The molecule has 2 rings (SSSR count). The molecule has 0 aliphatic heterocycles. The van der Waals surface area contributed by atoms with E-state index < -0.39 is 19.5 Å². The molecular weight excluding hydrogens is 343 g/mol. The summed E-state index contributed by atoms with van der Waals surface area (Å²) in [7, 11) is -2.07. The molecule has 2 atom stereocenters. The molecule has 0 aliphatic carbocycles. The van der Waals surface area contributed by atoms with Crippen molar-refractivity contribution in [3.8, 4) is 5.75 Å². The molecule has 1 aromatic carbocycles. The Bertz CT molecular complexity index is 775.